The van der Waals surface area contributed by atoms with Crippen molar-refractivity contribution in [3.8, 4) is 0 Å². The fourth-order valence-electron chi connectivity index (χ4n) is 4.02. The van der Waals surface area contributed by atoms with Crippen LogP contribution in [0.2, 0.25) is 39.3 Å². The molecule has 0 radical (unpaired) electrons. The van der Waals surface area contributed by atoms with Crippen LogP contribution in [0.3, 0.4) is 0 Å². The quantitative estimate of drug-likeness (QED) is 0.274. The predicted molar refractivity (Wildman–Crippen MR) is 130 cm³/mol. The zero-order chi connectivity index (χ0) is 23.5. The van der Waals surface area contributed by atoms with Gasteiger partial charge in [0.1, 0.15) is 0 Å². The van der Waals surface area contributed by atoms with Crippen molar-refractivity contribution in [3.63, 3.8) is 0 Å². The smallest absolute Gasteiger partial charge is 0.319 e. The fourth-order valence-corrected chi connectivity index (χ4v) is 6.15. The molecule has 5 nitrogen and oxygen atoms in total. The second kappa shape index (κ2) is 9.83. The Morgan fingerprint density at radius 2 is 1.03 bits per heavy atom. The zero-order valence-corrected chi connectivity index (χ0v) is 21.8. The standard InChI is InChI=1S/C25H34O5Si2/c1-31(2,3)29-22(18-13-9-7-10-14-18)20-17-21(25(27)28-24(20)26)23(30-32(4,5)6)19-15-11-8-12-16-19/h7-16,20-23H,17H2,1-6H3. The Morgan fingerprint density at radius 3 is 1.34 bits per heavy atom. The third-order valence-electron chi connectivity index (χ3n) is 5.26. The molecular formula is C25H34O5Si2. The van der Waals surface area contributed by atoms with Gasteiger partial charge in [0, 0.05) is 0 Å². The molecule has 1 aliphatic heterocycles. The van der Waals surface area contributed by atoms with Gasteiger partial charge in [-0.05, 0) is 56.8 Å². The molecule has 1 fully saturated rings. The maximum absolute atomic E-state index is 13.0. The van der Waals surface area contributed by atoms with Crippen LogP contribution in [0.15, 0.2) is 60.7 Å². The number of benzene rings is 2. The number of carbonyl (C=O) groups excluding carboxylic acids is 2. The van der Waals surface area contributed by atoms with Gasteiger partial charge in [-0.1, -0.05) is 60.7 Å². The molecule has 0 saturated carbocycles. The van der Waals surface area contributed by atoms with Crippen LogP contribution in [0.25, 0.3) is 0 Å². The van der Waals surface area contributed by atoms with Crippen molar-refractivity contribution in [3.05, 3.63) is 71.8 Å². The van der Waals surface area contributed by atoms with E-state index in [-0.39, 0.29) is 0 Å². The van der Waals surface area contributed by atoms with Crippen LogP contribution >= 0.6 is 0 Å². The van der Waals surface area contributed by atoms with Gasteiger partial charge >= 0.3 is 11.9 Å². The molecule has 1 heterocycles. The van der Waals surface area contributed by atoms with Crippen molar-refractivity contribution in [1.82, 2.24) is 0 Å². The summed E-state index contributed by atoms with van der Waals surface area (Å²) in [6.45, 7) is 12.6. The molecule has 0 N–H and O–H groups in total. The highest BCUT2D eigenvalue weighted by atomic mass is 28.4. The number of carbonyl (C=O) groups is 2. The minimum absolute atomic E-state index is 0.325. The molecule has 4 atom stereocenters. The molecule has 1 saturated heterocycles. The van der Waals surface area contributed by atoms with E-state index in [0.29, 0.717) is 6.42 Å². The van der Waals surface area contributed by atoms with Gasteiger partial charge in [-0.3, -0.25) is 9.59 Å². The molecule has 2 aromatic carbocycles. The van der Waals surface area contributed by atoms with E-state index in [4.69, 9.17) is 13.6 Å². The summed E-state index contributed by atoms with van der Waals surface area (Å²) in [4.78, 5) is 25.9. The van der Waals surface area contributed by atoms with Crippen LogP contribution in [-0.4, -0.2) is 28.6 Å². The average Bonchev–Trinajstić information content (AvgIpc) is 2.71. The van der Waals surface area contributed by atoms with Crippen molar-refractivity contribution in [1.29, 1.82) is 0 Å². The summed E-state index contributed by atoms with van der Waals surface area (Å²) in [5.41, 5.74) is 1.85. The van der Waals surface area contributed by atoms with Gasteiger partial charge < -0.3 is 13.6 Å². The molecule has 3 rings (SSSR count). The lowest BCUT2D eigenvalue weighted by Crippen LogP contribution is -2.44. The molecule has 32 heavy (non-hydrogen) atoms. The third kappa shape index (κ3) is 6.48. The SMILES string of the molecule is C[Si](C)(C)OC(c1ccccc1)C1CC(C(O[Si](C)(C)C)c2ccccc2)C(=O)OC1=O. The minimum atomic E-state index is -2.00. The Balaban J connectivity index is 1.99. The normalized spacial score (nSPS) is 21.7. The summed E-state index contributed by atoms with van der Waals surface area (Å²) in [5, 5.41) is 0. The molecule has 7 heteroatoms. The predicted octanol–water partition coefficient (Wildman–Crippen LogP) is 5.88. The summed E-state index contributed by atoms with van der Waals surface area (Å²) in [6, 6.07) is 19.5. The molecule has 1 aliphatic rings. The second-order valence-electron chi connectivity index (χ2n) is 10.3. The highest BCUT2D eigenvalue weighted by Gasteiger charge is 2.47. The number of esters is 2. The van der Waals surface area contributed by atoms with Crippen LogP contribution in [0.1, 0.15) is 29.8 Å². The van der Waals surface area contributed by atoms with E-state index in [9.17, 15) is 9.59 Å². The zero-order valence-electron chi connectivity index (χ0n) is 19.8. The molecular weight excluding hydrogens is 436 g/mol. The van der Waals surface area contributed by atoms with Crippen LogP contribution in [-0.2, 0) is 23.2 Å². The average molecular weight is 471 g/mol. The molecule has 2 aromatic rings. The number of hydrogen-bond donors (Lipinski definition) is 0. The first-order chi connectivity index (χ1) is 14.9. The van der Waals surface area contributed by atoms with E-state index in [1.165, 1.54) is 0 Å². The van der Waals surface area contributed by atoms with Gasteiger partial charge in [0.25, 0.3) is 0 Å². The van der Waals surface area contributed by atoms with Crippen molar-refractivity contribution in [2.24, 2.45) is 11.8 Å². The lowest BCUT2D eigenvalue weighted by Gasteiger charge is -2.39. The Morgan fingerprint density at radius 1 is 0.688 bits per heavy atom. The van der Waals surface area contributed by atoms with E-state index in [1.807, 2.05) is 60.7 Å². The van der Waals surface area contributed by atoms with Crippen LogP contribution in [0, 0.1) is 11.8 Å². The van der Waals surface area contributed by atoms with Gasteiger partial charge in [-0.25, -0.2) is 0 Å². The first kappa shape index (κ1) is 24.6. The number of rotatable bonds is 8. The molecule has 0 aliphatic carbocycles. The Hall–Kier alpha value is -2.07. The number of cyclic esters (lactones) is 2. The highest BCUT2D eigenvalue weighted by molar-refractivity contribution is 6.70. The Labute approximate surface area is 193 Å². The van der Waals surface area contributed by atoms with Crippen LogP contribution in [0.5, 0.6) is 0 Å². The van der Waals surface area contributed by atoms with Gasteiger partial charge in [0.2, 0.25) is 0 Å². The topological polar surface area (TPSA) is 61.8 Å². The van der Waals surface area contributed by atoms with E-state index in [0.717, 1.165) is 11.1 Å². The van der Waals surface area contributed by atoms with Crippen molar-refractivity contribution >= 4 is 28.6 Å². The summed E-state index contributed by atoms with van der Waals surface area (Å²) in [7, 11) is -4.00. The molecule has 0 spiro atoms. The largest absolute Gasteiger partial charge is 0.410 e. The first-order valence-corrected chi connectivity index (χ1v) is 18.0. The fraction of sp³-hybridized carbons (Fsp3) is 0.440. The van der Waals surface area contributed by atoms with Gasteiger partial charge in [-0.2, -0.15) is 0 Å². The summed E-state index contributed by atoms with van der Waals surface area (Å²) in [5.74, 6) is -2.19. The summed E-state index contributed by atoms with van der Waals surface area (Å²) in [6.07, 6.45) is -0.602. The second-order valence-corrected chi connectivity index (χ2v) is 19.2. The summed E-state index contributed by atoms with van der Waals surface area (Å²) >= 11 is 0. The first-order valence-electron chi connectivity index (χ1n) is 11.2. The molecule has 0 bridgehead atoms. The van der Waals surface area contributed by atoms with Gasteiger partial charge in [0.05, 0.1) is 24.0 Å². The van der Waals surface area contributed by atoms with E-state index >= 15 is 0 Å². The minimum Gasteiger partial charge on any atom is -0.410 e. The van der Waals surface area contributed by atoms with Crippen molar-refractivity contribution in [2.45, 2.75) is 57.9 Å². The van der Waals surface area contributed by atoms with E-state index < -0.39 is 52.6 Å². The Kier molecular flexibility index (Phi) is 7.55. The van der Waals surface area contributed by atoms with Gasteiger partial charge in [-0.15, -0.1) is 0 Å². The van der Waals surface area contributed by atoms with E-state index in [1.54, 1.807) is 0 Å². The van der Waals surface area contributed by atoms with Gasteiger partial charge in [0.15, 0.2) is 16.6 Å². The third-order valence-corrected chi connectivity index (χ3v) is 7.18. The monoisotopic (exact) mass is 470 g/mol. The molecule has 4 unspecified atom stereocenters. The lowest BCUT2D eigenvalue weighted by atomic mass is 9.81. The number of hydrogen-bond acceptors (Lipinski definition) is 5. The molecule has 0 amide bonds. The Bertz CT molecular complexity index is 843. The van der Waals surface area contributed by atoms with E-state index in [2.05, 4.69) is 39.3 Å². The molecule has 172 valence electrons. The summed E-state index contributed by atoms with van der Waals surface area (Å²) < 4.78 is 18.3. The van der Waals surface area contributed by atoms with Crippen molar-refractivity contribution < 1.29 is 23.2 Å². The number of ether oxygens (including phenoxy) is 1. The maximum Gasteiger partial charge on any atom is 0.319 e. The van der Waals surface area contributed by atoms with Crippen LogP contribution < -0.4 is 0 Å². The maximum atomic E-state index is 13.0. The van der Waals surface area contributed by atoms with Crippen molar-refractivity contribution in [2.75, 3.05) is 0 Å². The highest BCUT2D eigenvalue weighted by Crippen LogP contribution is 2.42. The lowest BCUT2D eigenvalue weighted by molar-refractivity contribution is -0.178. The van der Waals surface area contributed by atoms with Crippen LogP contribution in [0.4, 0.5) is 0 Å². The molecule has 0 aromatic heterocycles.